The van der Waals surface area contributed by atoms with Gasteiger partial charge in [0.15, 0.2) is 0 Å². The van der Waals surface area contributed by atoms with E-state index in [9.17, 15) is 4.39 Å². The van der Waals surface area contributed by atoms with Crippen LogP contribution in [0.3, 0.4) is 0 Å². The third-order valence-electron chi connectivity index (χ3n) is 4.84. The van der Waals surface area contributed by atoms with Crippen molar-refractivity contribution in [2.75, 3.05) is 0 Å². The van der Waals surface area contributed by atoms with Gasteiger partial charge in [-0.15, -0.1) is 0 Å². The predicted octanol–water partition coefficient (Wildman–Crippen LogP) is 6.05. The number of hydrogen-bond donors (Lipinski definition) is 0. The molecule has 1 fully saturated rings. The minimum atomic E-state index is -0.148. The molecule has 1 aliphatic carbocycles. The van der Waals surface area contributed by atoms with Crippen LogP contribution in [0, 0.1) is 11.7 Å². The molecule has 0 bridgehead atoms. The van der Waals surface area contributed by atoms with Gasteiger partial charge < -0.3 is 0 Å². The number of halogens is 1. The maximum absolute atomic E-state index is 13.2. The molecule has 0 aliphatic heterocycles. The molecule has 1 heteroatoms. The van der Waals surface area contributed by atoms with Crippen molar-refractivity contribution in [3.05, 3.63) is 47.8 Å². The molecular formula is C19H23F. The quantitative estimate of drug-likeness (QED) is 0.636. The SMILES string of the molecule is CCCC1CCC(c2ccc3cc(F)ccc3c2)CC1. The molecule has 1 saturated carbocycles. The Balaban J connectivity index is 1.76. The highest BCUT2D eigenvalue weighted by molar-refractivity contribution is 5.83. The Bertz CT molecular complexity index is 579. The average molecular weight is 270 g/mol. The maximum Gasteiger partial charge on any atom is 0.123 e. The van der Waals surface area contributed by atoms with Gasteiger partial charge in [-0.2, -0.15) is 0 Å². The lowest BCUT2D eigenvalue weighted by Crippen LogP contribution is -2.13. The third-order valence-corrected chi connectivity index (χ3v) is 4.84. The minimum Gasteiger partial charge on any atom is -0.207 e. The number of benzene rings is 2. The summed E-state index contributed by atoms with van der Waals surface area (Å²) in [7, 11) is 0. The zero-order chi connectivity index (χ0) is 13.9. The summed E-state index contributed by atoms with van der Waals surface area (Å²) in [6, 6.07) is 11.6. The monoisotopic (exact) mass is 270 g/mol. The van der Waals surface area contributed by atoms with E-state index in [1.54, 1.807) is 12.1 Å². The molecule has 2 aromatic rings. The second kappa shape index (κ2) is 5.95. The first kappa shape index (κ1) is 13.6. The second-order valence-corrected chi connectivity index (χ2v) is 6.26. The molecule has 2 aromatic carbocycles. The van der Waals surface area contributed by atoms with Crippen LogP contribution in [-0.4, -0.2) is 0 Å². The third kappa shape index (κ3) is 2.87. The van der Waals surface area contributed by atoms with Crippen LogP contribution in [-0.2, 0) is 0 Å². The van der Waals surface area contributed by atoms with Crippen molar-refractivity contribution in [3.63, 3.8) is 0 Å². The first-order chi connectivity index (χ1) is 9.76. The molecule has 0 unspecified atom stereocenters. The van der Waals surface area contributed by atoms with Crippen LogP contribution in [0.4, 0.5) is 4.39 Å². The molecule has 20 heavy (non-hydrogen) atoms. The zero-order valence-corrected chi connectivity index (χ0v) is 12.2. The number of hydrogen-bond acceptors (Lipinski definition) is 0. The Morgan fingerprint density at radius 2 is 1.65 bits per heavy atom. The van der Waals surface area contributed by atoms with Crippen molar-refractivity contribution in [3.8, 4) is 0 Å². The van der Waals surface area contributed by atoms with Gasteiger partial charge in [0, 0.05) is 0 Å². The van der Waals surface area contributed by atoms with Gasteiger partial charge in [-0.25, -0.2) is 4.39 Å². The summed E-state index contributed by atoms with van der Waals surface area (Å²) >= 11 is 0. The number of rotatable bonds is 3. The highest BCUT2D eigenvalue weighted by atomic mass is 19.1. The van der Waals surface area contributed by atoms with Crippen LogP contribution >= 0.6 is 0 Å². The van der Waals surface area contributed by atoms with Gasteiger partial charge in [-0.05, 0) is 66.0 Å². The second-order valence-electron chi connectivity index (χ2n) is 6.26. The van der Waals surface area contributed by atoms with Crippen molar-refractivity contribution in [1.82, 2.24) is 0 Å². The fourth-order valence-electron chi connectivity index (χ4n) is 3.68. The Labute approximate surface area is 121 Å². The van der Waals surface area contributed by atoms with Crippen LogP contribution in [0.2, 0.25) is 0 Å². The lowest BCUT2D eigenvalue weighted by atomic mass is 9.77. The molecule has 0 amide bonds. The Morgan fingerprint density at radius 3 is 2.40 bits per heavy atom. The van der Waals surface area contributed by atoms with Crippen LogP contribution in [0.1, 0.15) is 56.9 Å². The molecule has 0 N–H and O–H groups in total. The van der Waals surface area contributed by atoms with E-state index < -0.39 is 0 Å². The van der Waals surface area contributed by atoms with Crippen molar-refractivity contribution in [2.45, 2.75) is 51.4 Å². The fourth-order valence-corrected chi connectivity index (χ4v) is 3.68. The van der Waals surface area contributed by atoms with E-state index >= 15 is 0 Å². The molecule has 0 atom stereocenters. The van der Waals surface area contributed by atoms with E-state index in [2.05, 4.69) is 25.1 Å². The molecular weight excluding hydrogens is 247 g/mol. The summed E-state index contributed by atoms with van der Waals surface area (Å²) in [6.45, 7) is 2.29. The Morgan fingerprint density at radius 1 is 0.950 bits per heavy atom. The molecule has 1 aliphatic rings. The molecule has 0 saturated heterocycles. The van der Waals surface area contributed by atoms with Crippen molar-refractivity contribution in [2.24, 2.45) is 5.92 Å². The van der Waals surface area contributed by atoms with E-state index in [1.807, 2.05) is 6.07 Å². The van der Waals surface area contributed by atoms with Crippen LogP contribution in [0.15, 0.2) is 36.4 Å². The summed E-state index contributed by atoms with van der Waals surface area (Å²) in [5.41, 5.74) is 1.44. The lowest BCUT2D eigenvalue weighted by molar-refractivity contribution is 0.308. The Kier molecular flexibility index (Phi) is 4.05. The topological polar surface area (TPSA) is 0 Å². The van der Waals surface area contributed by atoms with Crippen LogP contribution in [0.25, 0.3) is 10.8 Å². The van der Waals surface area contributed by atoms with E-state index in [0.29, 0.717) is 5.92 Å². The first-order valence-corrected chi connectivity index (χ1v) is 7.95. The predicted molar refractivity (Wildman–Crippen MR) is 83.5 cm³/mol. The normalized spacial score (nSPS) is 23.1. The van der Waals surface area contributed by atoms with E-state index in [0.717, 1.165) is 11.3 Å². The van der Waals surface area contributed by atoms with Gasteiger partial charge >= 0.3 is 0 Å². The first-order valence-electron chi connectivity index (χ1n) is 7.95. The summed E-state index contributed by atoms with van der Waals surface area (Å²) in [6.07, 6.45) is 8.09. The molecule has 0 heterocycles. The molecule has 106 valence electrons. The summed E-state index contributed by atoms with van der Waals surface area (Å²) < 4.78 is 13.2. The van der Waals surface area contributed by atoms with Crippen molar-refractivity contribution in [1.29, 1.82) is 0 Å². The highest BCUT2D eigenvalue weighted by Crippen LogP contribution is 2.38. The van der Waals surface area contributed by atoms with Crippen LogP contribution < -0.4 is 0 Å². The molecule has 0 aromatic heterocycles. The Hall–Kier alpha value is -1.37. The fraction of sp³-hybridized carbons (Fsp3) is 0.474. The molecule has 3 rings (SSSR count). The van der Waals surface area contributed by atoms with Gasteiger partial charge in [0.25, 0.3) is 0 Å². The highest BCUT2D eigenvalue weighted by Gasteiger charge is 2.21. The van der Waals surface area contributed by atoms with Gasteiger partial charge in [-0.1, -0.05) is 44.0 Å². The summed E-state index contributed by atoms with van der Waals surface area (Å²) in [4.78, 5) is 0. The molecule has 0 nitrogen and oxygen atoms in total. The van der Waals surface area contributed by atoms with Gasteiger partial charge in [0.1, 0.15) is 5.82 Å². The average Bonchev–Trinajstić information content (AvgIpc) is 2.48. The summed E-state index contributed by atoms with van der Waals surface area (Å²) in [5.74, 6) is 1.51. The largest absolute Gasteiger partial charge is 0.207 e. The zero-order valence-electron chi connectivity index (χ0n) is 12.2. The maximum atomic E-state index is 13.2. The van der Waals surface area contributed by atoms with Gasteiger partial charge in [-0.3, -0.25) is 0 Å². The van der Waals surface area contributed by atoms with E-state index in [-0.39, 0.29) is 5.82 Å². The molecule has 0 radical (unpaired) electrons. The van der Waals surface area contributed by atoms with Crippen LogP contribution in [0.5, 0.6) is 0 Å². The van der Waals surface area contributed by atoms with E-state index in [4.69, 9.17) is 0 Å². The minimum absolute atomic E-state index is 0.148. The van der Waals surface area contributed by atoms with Crippen molar-refractivity contribution >= 4 is 10.8 Å². The number of fused-ring (bicyclic) bond motifs is 1. The van der Waals surface area contributed by atoms with Gasteiger partial charge in [0.2, 0.25) is 0 Å². The van der Waals surface area contributed by atoms with Gasteiger partial charge in [0.05, 0.1) is 0 Å². The summed E-state index contributed by atoms with van der Waals surface area (Å²) in [5, 5.41) is 2.17. The lowest BCUT2D eigenvalue weighted by Gasteiger charge is -2.28. The van der Waals surface area contributed by atoms with E-state index in [1.165, 1.54) is 49.5 Å². The smallest absolute Gasteiger partial charge is 0.123 e. The van der Waals surface area contributed by atoms with Crippen molar-refractivity contribution < 1.29 is 4.39 Å². The standard InChI is InChI=1S/C19H23F/c1-2-3-14-4-6-15(7-5-14)16-8-9-18-13-19(20)11-10-17(18)12-16/h8-15H,2-7H2,1H3. The molecule has 0 spiro atoms.